The third kappa shape index (κ3) is 4.05. The van der Waals surface area contributed by atoms with Crippen LogP contribution in [0.4, 0.5) is 0 Å². The number of benzene rings is 1. The Morgan fingerprint density at radius 3 is 2.46 bits per heavy atom. The van der Waals surface area contributed by atoms with Crippen molar-refractivity contribution >= 4 is 11.8 Å². The average molecular weight is 382 g/mol. The minimum atomic E-state index is -0.0249. The van der Waals surface area contributed by atoms with Gasteiger partial charge in [-0.15, -0.1) is 5.10 Å². The van der Waals surface area contributed by atoms with Gasteiger partial charge in [0.1, 0.15) is 6.33 Å². The Hall–Kier alpha value is -2.77. The van der Waals surface area contributed by atoms with Gasteiger partial charge in [0.15, 0.2) is 0 Å². The maximum atomic E-state index is 13.0. The number of likely N-dealkylation sites (tertiary alicyclic amines) is 1. The molecule has 2 amide bonds. The molecule has 0 spiro atoms. The van der Waals surface area contributed by atoms with E-state index in [4.69, 9.17) is 0 Å². The van der Waals surface area contributed by atoms with Crippen molar-refractivity contribution in [3.05, 3.63) is 36.2 Å². The summed E-state index contributed by atoms with van der Waals surface area (Å²) >= 11 is 0. The standard InChI is InChI=1S/C20H26N6O2/c27-19(15-6-2-1-3-7-15)22-16-10-12-25(13-11-16)20(28)17-8-4-5-9-18(17)26-14-21-23-24-26/h4-5,8-9,14-16H,1-3,6-7,10-13H2,(H,22,27). The topological polar surface area (TPSA) is 93.0 Å². The molecular weight excluding hydrogens is 356 g/mol. The molecule has 1 aliphatic heterocycles. The van der Waals surface area contributed by atoms with E-state index in [0.29, 0.717) is 24.3 Å². The number of para-hydroxylation sites is 1. The number of amides is 2. The lowest BCUT2D eigenvalue weighted by Crippen LogP contribution is -2.48. The molecule has 2 fully saturated rings. The maximum Gasteiger partial charge on any atom is 0.256 e. The molecule has 2 aliphatic rings. The minimum Gasteiger partial charge on any atom is -0.353 e. The molecule has 0 unspecified atom stereocenters. The van der Waals surface area contributed by atoms with Crippen LogP contribution in [0.15, 0.2) is 30.6 Å². The second-order valence-electron chi connectivity index (χ2n) is 7.68. The fraction of sp³-hybridized carbons (Fsp3) is 0.550. The first-order valence-electron chi connectivity index (χ1n) is 10.1. The Morgan fingerprint density at radius 1 is 1.00 bits per heavy atom. The van der Waals surface area contributed by atoms with Crippen LogP contribution in [0.1, 0.15) is 55.3 Å². The summed E-state index contributed by atoms with van der Waals surface area (Å²) in [5.74, 6) is 0.355. The lowest BCUT2D eigenvalue weighted by molar-refractivity contribution is -0.126. The number of nitrogens with one attached hydrogen (secondary N) is 1. The lowest BCUT2D eigenvalue weighted by Gasteiger charge is -2.33. The van der Waals surface area contributed by atoms with E-state index in [1.54, 1.807) is 6.07 Å². The molecule has 0 bridgehead atoms. The molecule has 28 heavy (non-hydrogen) atoms. The van der Waals surface area contributed by atoms with Gasteiger partial charge < -0.3 is 10.2 Å². The van der Waals surface area contributed by atoms with E-state index in [1.807, 2.05) is 23.1 Å². The van der Waals surface area contributed by atoms with Crippen molar-refractivity contribution in [1.29, 1.82) is 0 Å². The number of tetrazole rings is 1. The maximum absolute atomic E-state index is 13.0. The first kappa shape index (κ1) is 18.6. The Labute approximate surface area is 164 Å². The highest BCUT2D eigenvalue weighted by Crippen LogP contribution is 2.24. The van der Waals surface area contributed by atoms with E-state index >= 15 is 0 Å². The van der Waals surface area contributed by atoms with Gasteiger partial charge in [0.25, 0.3) is 5.91 Å². The van der Waals surface area contributed by atoms with Crippen molar-refractivity contribution in [3.8, 4) is 5.69 Å². The average Bonchev–Trinajstić information content (AvgIpc) is 3.29. The van der Waals surface area contributed by atoms with Gasteiger partial charge in [0, 0.05) is 25.0 Å². The molecule has 1 saturated heterocycles. The Bertz CT molecular complexity index is 808. The number of rotatable bonds is 4. The molecule has 1 saturated carbocycles. The number of aromatic nitrogens is 4. The summed E-state index contributed by atoms with van der Waals surface area (Å²) in [6.07, 6.45) is 8.65. The van der Waals surface area contributed by atoms with Crippen LogP contribution in [-0.4, -0.2) is 56.1 Å². The molecule has 1 N–H and O–H groups in total. The number of piperidine rings is 1. The molecule has 1 aliphatic carbocycles. The fourth-order valence-electron chi connectivity index (χ4n) is 4.21. The molecule has 0 radical (unpaired) electrons. The SMILES string of the molecule is O=C(NC1CCN(C(=O)c2ccccc2-n2cnnn2)CC1)C1CCCCC1. The fourth-order valence-corrected chi connectivity index (χ4v) is 4.21. The zero-order valence-corrected chi connectivity index (χ0v) is 16.0. The van der Waals surface area contributed by atoms with Gasteiger partial charge >= 0.3 is 0 Å². The number of hydrogen-bond donors (Lipinski definition) is 1. The summed E-state index contributed by atoms with van der Waals surface area (Å²) in [5, 5.41) is 14.4. The molecular formula is C20H26N6O2. The zero-order chi connectivity index (χ0) is 19.3. The van der Waals surface area contributed by atoms with Gasteiger partial charge in [-0.25, -0.2) is 0 Å². The van der Waals surface area contributed by atoms with E-state index < -0.39 is 0 Å². The van der Waals surface area contributed by atoms with Crippen LogP contribution < -0.4 is 5.32 Å². The third-order valence-corrected chi connectivity index (χ3v) is 5.83. The van der Waals surface area contributed by atoms with E-state index in [9.17, 15) is 9.59 Å². The first-order valence-corrected chi connectivity index (χ1v) is 10.1. The van der Waals surface area contributed by atoms with Gasteiger partial charge in [-0.3, -0.25) is 9.59 Å². The van der Waals surface area contributed by atoms with Crippen LogP contribution in [0.5, 0.6) is 0 Å². The van der Waals surface area contributed by atoms with E-state index in [0.717, 1.165) is 38.5 Å². The number of nitrogens with zero attached hydrogens (tertiary/aromatic N) is 5. The predicted octanol–water partition coefficient (Wildman–Crippen LogP) is 1.96. The largest absolute Gasteiger partial charge is 0.353 e. The summed E-state index contributed by atoms with van der Waals surface area (Å²) in [7, 11) is 0. The van der Waals surface area contributed by atoms with Gasteiger partial charge in [-0.2, -0.15) is 4.68 Å². The first-order chi connectivity index (χ1) is 13.7. The quantitative estimate of drug-likeness (QED) is 0.873. The summed E-state index contributed by atoms with van der Waals surface area (Å²) in [5.41, 5.74) is 1.25. The summed E-state index contributed by atoms with van der Waals surface area (Å²) < 4.78 is 1.50. The van der Waals surface area contributed by atoms with Crippen LogP contribution in [0.3, 0.4) is 0 Å². The molecule has 1 aromatic heterocycles. The zero-order valence-electron chi connectivity index (χ0n) is 16.0. The second-order valence-corrected chi connectivity index (χ2v) is 7.68. The van der Waals surface area contributed by atoms with Crippen LogP contribution in [0.2, 0.25) is 0 Å². The van der Waals surface area contributed by atoms with Crippen molar-refractivity contribution in [1.82, 2.24) is 30.4 Å². The highest BCUT2D eigenvalue weighted by molar-refractivity contribution is 5.97. The van der Waals surface area contributed by atoms with Crippen molar-refractivity contribution in [2.45, 2.75) is 51.0 Å². The number of hydrogen-bond acceptors (Lipinski definition) is 5. The minimum absolute atomic E-state index is 0.0249. The van der Waals surface area contributed by atoms with Gasteiger partial charge in [0.2, 0.25) is 5.91 Å². The van der Waals surface area contributed by atoms with E-state index in [2.05, 4.69) is 20.8 Å². The lowest BCUT2D eigenvalue weighted by atomic mass is 9.88. The van der Waals surface area contributed by atoms with Crippen LogP contribution in [0, 0.1) is 5.92 Å². The smallest absolute Gasteiger partial charge is 0.256 e. The molecule has 1 aromatic carbocycles. The molecule has 2 heterocycles. The molecule has 2 aromatic rings. The van der Waals surface area contributed by atoms with Gasteiger partial charge in [-0.1, -0.05) is 31.4 Å². The van der Waals surface area contributed by atoms with E-state index in [-0.39, 0.29) is 23.8 Å². The predicted molar refractivity (Wildman–Crippen MR) is 103 cm³/mol. The number of carbonyl (C=O) groups is 2. The monoisotopic (exact) mass is 382 g/mol. The van der Waals surface area contributed by atoms with Crippen molar-refractivity contribution in [2.75, 3.05) is 13.1 Å². The summed E-state index contributed by atoms with van der Waals surface area (Å²) in [4.78, 5) is 27.4. The molecule has 0 atom stereocenters. The highest BCUT2D eigenvalue weighted by Gasteiger charge is 2.28. The normalized spacial score (nSPS) is 18.8. The van der Waals surface area contributed by atoms with Crippen molar-refractivity contribution in [2.24, 2.45) is 5.92 Å². The third-order valence-electron chi connectivity index (χ3n) is 5.83. The van der Waals surface area contributed by atoms with Crippen molar-refractivity contribution < 1.29 is 9.59 Å². The molecule has 4 rings (SSSR count). The second kappa shape index (κ2) is 8.50. The van der Waals surface area contributed by atoms with Crippen LogP contribution in [0.25, 0.3) is 5.69 Å². The van der Waals surface area contributed by atoms with Gasteiger partial charge in [-0.05, 0) is 48.2 Å². The van der Waals surface area contributed by atoms with Crippen LogP contribution >= 0.6 is 0 Å². The van der Waals surface area contributed by atoms with Gasteiger partial charge in [0.05, 0.1) is 11.3 Å². The highest BCUT2D eigenvalue weighted by atomic mass is 16.2. The Morgan fingerprint density at radius 2 is 1.75 bits per heavy atom. The molecule has 8 heteroatoms. The summed E-state index contributed by atoms with van der Waals surface area (Å²) in [6, 6.07) is 7.50. The molecule has 8 nitrogen and oxygen atoms in total. The Balaban J connectivity index is 1.35. The van der Waals surface area contributed by atoms with Crippen molar-refractivity contribution in [3.63, 3.8) is 0 Å². The van der Waals surface area contributed by atoms with E-state index in [1.165, 1.54) is 17.4 Å². The van der Waals surface area contributed by atoms with Crippen LogP contribution in [-0.2, 0) is 4.79 Å². The summed E-state index contributed by atoms with van der Waals surface area (Å²) in [6.45, 7) is 1.27. The molecule has 148 valence electrons. The number of carbonyl (C=O) groups excluding carboxylic acids is 2. The Kier molecular flexibility index (Phi) is 5.64.